The molecule has 2 aliphatic rings. The molecular formula is C14H21N3. The van der Waals surface area contributed by atoms with E-state index in [9.17, 15) is 0 Å². The highest BCUT2D eigenvalue weighted by atomic mass is 15.2. The highest BCUT2D eigenvalue weighted by Crippen LogP contribution is 2.34. The Labute approximate surface area is 103 Å². The lowest BCUT2D eigenvalue weighted by Gasteiger charge is -2.36. The quantitative estimate of drug-likeness (QED) is 0.859. The Hall–Kier alpha value is -0.930. The molecule has 1 aromatic heterocycles. The van der Waals surface area contributed by atoms with Crippen molar-refractivity contribution in [3.63, 3.8) is 0 Å². The Morgan fingerprint density at radius 2 is 1.88 bits per heavy atom. The van der Waals surface area contributed by atoms with Crippen molar-refractivity contribution in [3.8, 4) is 0 Å². The molecule has 3 nitrogen and oxygen atoms in total. The zero-order valence-corrected chi connectivity index (χ0v) is 10.5. The molecule has 3 heteroatoms. The maximum absolute atomic E-state index is 4.05. The molecule has 0 saturated carbocycles. The minimum atomic E-state index is 0.705. The molecule has 0 aliphatic carbocycles. The molecule has 1 N–H and O–H groups in total. The van der Waals surface area contributed by atoms with Crippen LogP contribution in [0.25, 0.3) is 0 Å². The van der Waals surface area contributed by atoms with E-state index in [2.05, 4.69) is 34.4 Å². The van der Waals surface area contributed by atoms with Gasteiger partial charge < -0.3 is 10.2 Å². The monoisotopic (exact) mass is 231 g/mol. The maximum Gasteiger partial charge on any atom is 0.0271 e. The molecule has 0 amide bonds. The Kier molecular flexibility index (Phi) is 3.12. The molecule has 1 aromatic rings. The van der Waals surface area contributed by atoms with E-state index in [-0.39, 0.29) is 0 Å². The van der Waals surface area contributed by atoms with E-state index in [1.165, 1.54) is 31.2 Å². The summed E-state index contributed by atoms with van der Waals surface area (Å²) in [5.41, 5.74) is 1.34. The van der Waals surface area contributed by atoms with E-state index < -0.39 is 0 Å². The minimum absolute atomic E-state index is 0.705. The van der Waals surface area contributed by atoms with Gasteiger partial charge in [-0.15, -0.1) is 0 Å². The SMILES string of the molecule is CN1[C@H]2CC[C@H]1CC(NCc1ccncc1)C2. The lowest BCUT2D eigenvalue weighted by molar-refractivity contribution is 0.148. The predicted octanol–water partition coefficient (Wildman–Crippen LogP) is 1.80. The average molecular weight is 231 g/mol. The summed E-state index contributed by atoms with van der Waals surface area (Å²) >= 11 is 0. The first kappa shape index (κ1) is 11.2. The van der Waals surface area contributed by atoms with Crippen molar-refractivity contribution in [1.29, 1.82) is 0 Å². The zero-order chi connectivity index (χ0) is 11.7. The molecule has 2 saturated heterocycles. The topological polar surface area (TPSA) is 28.2 Å². The van der Waals surface area contributed by atoms with Gasteiger partial charge in [0, 0.05) is 37.1 Å². The molecular weight excluding hydrogens is 210 g/mol. The van der Waals surface area contributed by atoms with Gasteiger partial charge in [-0.05, 0) is 50.4 Å². The molecule has 0 radical (unpaired) electrons. The number of hydrogen-bond donors (Lipinski definition) is 1. The van der Waals surface area contributed by atoms with Crippen molar-refractivity contribution in [2.24, 2.45) is 0 Å². The smallest absolute Gasteiger partial charge is 0.0271 e. The molecule has 2 atom stereocenters. The van der Waals surface area contributed by atoms with Gasteiger partial charge in [-0.2, -0.15) is 0 Å². The summed E-state index contributed by atoms with van der Waals surface area (Å²) in [7, 11) is 2.29. The Bertz CT molecular complexity index is 351. The van der Waals surface area contributed by atoms with Gasteiger partial charge in [-0.1, -0.05) is 0 Å². The summed E-state index contributed by atoms with van der Waals surface area (Å²) in [5.74, 6) is 0. The van der Waals surface area contributed by atoms with Crippen LogP contribution in [0, 0.1) is 0 Å². The van der Waals surface area contributed by atoms with Crippen molar-refractivity contribution in [2.45, 2.75) is 50.4 Å². The third-order valence-electron chi connectivity index (χ3n) is 4.44. The number of hydrogen-bond acceptors (Lipinski definition) is 3. The fraction of sp³-hybridized carbons (Fsp3) is 0.643. The second-order valence-electron chi connectivity index (χ2n) is 5.46. The number of fused-ring (bicyclic) bond motifs is 2. The van der Waals surface area contributed by atoms with Crippen molar-refractivity contribution in [2.75, 3.05) is 7.05 Å². The highest BCUT2D eigenvalue weighted by molar-refractivity contribution is 5.09. The van der Waals surface area contributed by atoms with Gasteiger partial charge in [0.2, 0.25) is 0 Å². The highest BCUT2D eigenvalue weighted by Gasteiger charge is 2.37. The van der Waals surface area contributed by atoms with E-state index in [1.54, 1.807) is 0 Å². The summed E-state index contributed by atoms with van der Waals surface area (Å²) in [6.45, 7) is 0.982. The van der Waals surface area contributed by atoms with Crippen LogP contribution in [0.3, 0.4) is 0 Å². The lowest BCUT2D eigenvalue weighted by Crippen LogP contribution is -2.46. The Balaban J connectivity index is 1.54. The van der Waals surface area contributed by atoms with Crippen LogP contribution in [0.2, 0.25) is 0 Å². The molecule has 2 bridgehead atoms. The molecule has 0 unspecified atom stereocenters. The largest absolute Gasteiger partial charge is 0.310 e. The summed E-state index contributed by atoms with van der Waals surface area (Å²) in [6.07, 6.45) is 9.17. The first-order valence-electron chi connectivity index (χ1n) is 6.67. The van der Waals surface area contributed by atoms with Gasteiger partial charge in [0.05, 0.1) is 0 Å². The van der Waals surface area contributed by atoms with Crippen LogP contribution in [-0.2, 0) is 6.54 Å². The van der Waals surface area contributed by atoms with Gasteiger partial charge in [0.25, 0.3) is 0 Å². The zero-order valence-electron chi connectivity index (χ0n) is 10.5. The van der Waals surface area contributed by atoms with Crippen LogP contribution in [-0.4, -0.2) is 35.1 Å². The van der Waals surface area contributed by atoms with E-state index in [1.807, 2.05) is 12.4 Å². The van der Waals surface area contributed by atoms with Crippen molar-refractivity contribution in [1.82, 2.24) is 15.2 Å². The molecule has 0 spiro atoms. The molecule has 0 aromatic carbocycles. The summed E-state index contributed by atoms with van der Waals surface area (Å²) in [6, 6.07) is 6.54. The van der Waals surface area contributed by atoms with Crippen molar-refractivity contribution >= 4 is 0 Å². The molecule has 2 aliphatic heterocycles. The standard InChI is InChI=1S/C14H21N3/c1-17-13-2-3-14(17)9-12(8-13)16-10-11-4-6-15-7-5-11/h4-7,12-14,16H,2-3,8-10H2,1H3/t13-,14-/m0/s1. The normalized spacial score (nSPS) is 32.9. The van der Waals surface area contributed by atoms with Gasteiger partial charge >= 0.3 is 0 Å². The molecule has 92 valence electrons. The maximum atomic E-state index is 4.05. The predicted molar refractivity (Wildman–Crippen MR) is 68.7 cm³/mol. The van der Waals surface area contributed by atoms with E-state index >= 15 is 0 Å². The number of pyridine rings is 1. The van der Waals surface area contributed by atoms with Gasteiger partial charge in [0.1, 0.15) is 0 Å². The molecule has 3 rings (SSSR count). The van der Waals surface area contributed by atoms with E-state index in [4.69, 9.17) is 0 Å². The number of nitrogens with one attached hydrogen (secondary N) is 1. The van der Waals surface area contributed by atoms with Crippen LogP contribution in [0.15, 0.2) is 24.5 Å². The Morgan fingerprint density at radius 1 is 1.24 bits per heavy atom. The number of nitrogens with zero attached hydrogens (tertiary/aromatic N) is 2. The second-order valence-corrected chi connectivity index (χ2v) is 5.46. The molecule has 2 fully saturated rings. The van der Waals surface area contributed by atoms with Crippen molar-refractivity contribution in [3.05, 3.63) is 30.1 Å². The fourth-order valence-corrected chi connectivity index (χ4v) is 3.34. The number of piperidine rings is 1. The summed E-state index contributed by atoms with van der Waals surface area (Å²) < 4.78 is 0. The van der Waals surface area contributed by atoms with Crippen LogP contribution in [0.1, 0.15) is 31.2 Å². The van der Waals surface area contributed by atoms with Crippen molar-refractivity contribution < 1.29 is 0 Å². The van der Waals surface area contributed by atoms with Gasteiger partial charge in [-0.3, -0.25) is 4.98 Å². The first-order valence-corrected chi connectivity index (χ1v) is 6.67. The third-order valence-corrected chi connectivity index (χ3v) is 4.44. The summed E-state index contributed by atoms with van der Waals surface area (Å²) in [4.78, 5) is 6.64. The van der Waals surface area contributed by atoms with Crippen LogP contribution < -0.4 is 5.32 Å². The van der Waals surface area contributed by atoms with E-state index in [0.717, 1.165) is 18.6 Å². The number of aromatic nitrogens is 1. The average Bonchev–Trinajstić information content (AvgIpc) is 2.61. The van der Waals surface area contributed by atoms with Crippen LogP contribution >= 0.6 is 0 Å². The fourth-order valence-electron chi connectivity index (χ4n) is 3.34. The van der Waals surface area contributed by atoms with Gasteiger partial charge in [-0.25, -0.2) is 0 Å². The molecule has 3 heterocycles. The van der Waals surface area contributed by atoms with Gasteiger partial charge in [0.15, 0.2) is 0 Å². The van der Waals surface area contributed by atoms with E-state index in [0.29, 0.717) is 6.04 Å². The van der Waals surface area contributed by atoms with Crippen LogP contribution in [0.5, 0.6) is 0 Å². The summed E-state index contributed by atoms with van der Waals surface area (Å²) in [5, 5.41) is 3.70. The first-order chi connectivity index (χ1) is 8.33. The molecule has 17 heavy (non-hydrogen) atoms. The lowest BCUT2D eigenvalue weighted by atomic mass is 9.98. The third kappa shape index (κ3) is 2.35. The number of rotatable bonds is 3. The Morgan fingerprint density at radius 3 is 2.53 bits per heavy atom. The second kappa shape index (κ2) is 4.75. The van der Waals surface area contributed by atoms with Crippen LogP contribution in [0.4, 0.5) is 0 Å². The minimum Gasteiger partial charge on any atom is -0.310 e.